The molecule has 0 aliphatic rings. The molecule has 102 valence electrons. The number of imidazole rings is 1. The molecule has 0 unspecified atom stereocenters. The second-order valence-corrected chi connectivity index (χ2v) is 4.05. The number of anilines is 1. The highest BCUT2D eigenvalue weighted by atomic mass is 16.5. The molecule has 1 aromatic heterocycles. The van der Waals surface area contributed by atoms with E-state index < -0.39 is 0 Å². The zero-order valence-corrected chi connectivity index (χ0v) is 11.5. The van der Waals surface area contributed by atoms with E-state index in [-0.39, 0.29) is 0 Å². The first kappa shape index (κ1) is 13.3. The summed E-state index contributed by atoms with van der Waals surface area (Å²) in [5.41, 5.74) is 0.925. The fourth-order valence-corrected chi connectivity index (χ4v) is 1.91. The molecule has 0 radical (unpaired) electrons. The molecule has 0 saturated carbocycles. The molecule has 0 amide bonds. The quantitative estimate of drug-likeness (QED) is 0.868. The maximum atomic E-state index is 5.34. The normalized spacial score (nSPS) is 10.3. The number of rotatable bonds is 6. The zero-order valence-electron chi connectivity index (χ0n) is 11.5. The maximum Gasteiger partial charge on any atom is 0.145 e. The first-order valence-corrected chi connectivity index (χ1v) is 6.24. The van der Waals surface area contributed by atoms with Crippen molar-refractivity contribution in [2.45, 2.75) is 20.0 Å². The number of ether oxygens (including phenoxy) is 2. The molecule has 1 aromatic carbocycles. The van der Waals surface area contributed by atoms with Crippen molar-refractivity contribution < 1.29 is 9.47 Å². The predicted octanol–water partition coefficient (Wildman–Crippen LogP) is 2.53. The van der Waals surface area contributed by atoms with Crippen molar-refractivity contribution >= 4 is 5.69 Å². The smallest absolute Gasteiger partial charge is 0.145 e. The van der Waals surface area contributed by atoms with Gasteiger partial charge >= 0.3 is 0 Å². The molecule has 0 saturated heterocycles. The lowest BCUT2D eigenvalue weighted by atomic mass is 10.2. The number of aryl methyl sites for hydroxylation is 1. The van der Waals surface area contributed by atoms with Gasteiger partial charge in [-0.3, -0.25) is 0 Å². The highest BCUT2D eigenvalue weighted by Gasteiger charge is 2.06. The van der Waals surface area contributed by atoms with Crippen LogP contribution in [-0.4, -0.2) is 23.8 Å². The molecule has 19 heavy (non-hydrogen) atoms. The highest BCUT2D eigenvalue weighted by Crippen LogP contribution is 2.29. The number of hydrogen-bond acceptors (Lipinski definition) is 4. The summed E-state index contributed by atoms with van der Waals surface area (Å²) >= 11 is 0. The summed E-state index contributed by atoms with van der Waals surface area (Å²) in [6.07, 6.45) is 3.79. The van der Waals surface area contributed by atoms with Crippen LogP contribution in [-0.2, 0) is 13.1 Å². The zero-order chi connectivity index (χ0) is 13.7. The molecular weight excluding hydrogens is 242 g/mol. The van der Waals surface area contributed by atoms with E-state index in [1.54, 1.807) is 14.2 Å². The lowest BCUT2D eigenvalue weighted by Gasteiger charge is -2.12. The number of nitrogens with one attached hydrogen (secondary N) is 1. The second-order valence-electron chi connectivity index (χ2n) is 4.05. The summed E-state index contributed by atoms with van der Waals surface area (Å²) in [6, 6.07) is 5.70. The van der Waals surface area contributed by atoms with E-state index in [1.807, 2.05) is 30.6 Å². The van der Waals surface area contributed by atoms with Gasteiger partial charge in [-0.2, -0.15) is 0 Å². The Morgan fingerprint density at radius 3 is 2.79 bits per heavy atom. The molecular formula is C14H19N3O2. The van der Waals surface area contributed by atoms with E-state index >= 15 is 0 Å². The van der Waals surface area contributed by atoms with Crippen LogP contribution in [0.3, 0.4) is 0 Å². The first-order chi connectivity index (χ1) is 9.28. The predicted molar refractivity (Wildman–Crippen MR) is 74.8 cm³/mol. The molecule has 0 spiro atoms. The van der Waals surface area contributed by atoms with Gasteiger partial charge in [0.15, 0.2) is 0 Å². The van der Waals surface area contributed by atoms with Crippen molar-refractivity contribution in [1.29, 1.82) is 0 Å². The summed E-state index contributed by atoms with van der Waals surface area (Å²) in [6.45, 7) is 3.67. The fourth-order valence-electron chi connectivity index (χ4n) is 1.91. The van der Waals surface area contributed by atoms with Gasteiger partial charge in [-0.25, -0.2) is 4.98 Å². The third kappa shape index (κ3) is 2.99. The van der Waals surface area contributed by atoms with Crippen molar-refractivity contribution in [3.8, 4) is 11.5 Å². The number of hydrogen-bond donors (Lipinski definition) is 1. The maximum absolute atomic E-state index is 5.34. The Kier molecular flexibility index (Phi) is 4.28. The molecule has 0 bridgehead atoms. The molecule has 5 heteroatoms. The Labute approximate surface area is 113 Å². The Morgan fingerprint density at radius 2 is 2.11 bits per heavy atom. The minimum Gasteiger partial charge on any atom is -0.497 e. The molecule has 2 aromatic rings. The van der Waals surface area contributed by atoms with Gasteiger partial charge in [0.05, 0.1) is 26.5 Å². The SMILES string of the molecule is CCn1ccnc1CNc1ccc(OC)cc1OC. The van der Waals surface area contributed by atoms with Gasteiger partial charge in [-0.1, -0.05) is 0 Å². The van der Waals surface area contributed by atoms with E-state index in [1.165, 1.54) is 0 Å². The van der Waals surface area contributed by atoms with E-state index in [0.29, 0.717) is 6.54 Å². The monoisotopic (exact) mass is 261 g/mol. The van der Waals surface area contributed by atoms with Crippen LogP contribution in [0.2, 0.25) is 0 Å². The molecule has 2 rings (SSSR count). The second kappa shape index (κ2) is 6.13. The van der Waals surface area contributed by atoms with Crippen LogP contribution in [0.1, 0.15) is 12.7 Å². The van der Waals surface area contributed by atoms with Crippen molar-refractivity contribution in [2.75, 3.05) is 19.5 Å². The summed E-state index contributed by atoms with van der Waals surface area (Å²) in [5.74, 6) is 2.53. The minimum atomic E-state index is 0.656. The number of benzene rings is 1. The standard InChI is InChI=1S/C14H19N3O2/c1-4-17-8-7-15-14(17)10-16-12-6-5-11(18-2)9-13(12)19-3/h5-9,16H,4,10H2,1-3H3. The molecule has 0 fully saturated rings. The van der Waals surface area contributed by atoms with Crippen molar-refractivity contribution in [3.63, 3.8) is 0 Å². The highest BCUT2D eigenvalue weighted by molar-refractivity contribution is 5.59. The van der Waals surface area contributed by atoms with Crippen molar-refractivity contribution in [3.05, 3.63) is 36.4 Å². The Morgan fingerprint density at radius 1 is 1.26 bits per heavy atom. The van der Waals surface area contributed by atoms with Gasteiger partial charge in [-0.15, -0.1) is 0 Å². The Bertz CT molecular complexity index is 537. The third-order valence-corrected chi connectivity index (χ3v) is 2.99. The van der Waals surface area contributed by atoms with Crippen LogP contribution in [0.5, 0.6) is 11.5 Å². The van der Waals surface area contributed by atoms with Crippen LogP contribution in [0, 0.1) is 0 Å². The van der Waals surface area contributed by atoms with E-state index in [2.05, 4.69) is 21.8 Å². The molecule has 1 N–H and O–H groups in total. The molecule has 0 atom stereocenters. The number of methoxy groups -OCH3 is 2. The fraction of sp³-hybridized carbons (Fsp3) is 0.357. The topological polar surface area (TPSA) is 48.3 Å². The van der Waals surface area contributed by atoms with Crippen LogP contribution in [0.4, 0.5) is 5.69 Å². The Hall–Kier alpha value is -2.17. The third-order valence-electron chi connectivity index (χ3n) is 2.99. The van der Waals surface area contributed by atoms with Gasteiger partial charge in [0, 0.05) is 25.0 Å². The number of nitrogens with zero attached hydrogens (tertiary/aromatic N) is 2. The van der Waals surface area contributed by atoms with Crippen LogP contribution < -0.4 is 14.8 Å². The van der Waals surface area contributed by atoms with E-state index in [0.717, 1.165) is 29.6 Å². The lowest BCUT2D eigenvalue weighted by molar-refractivity contribution is 0.395. The van der Waals surface area contributed by atoms with Gasteiger partial charge in [0.25, 0.3) is 0 Å². The van der Waals surface area contributed by atoms with Gasteiger partial charge in [0.1, 0.15) is 17.3 Å². The first-order valence-electron chi connectivity index (χ1n) is 6.24. The average Bonchev–Trinajstić information content (AvgIpc) is 2.92. The van der Waals surface area contributed by atoms with Gasteiger partial charge < -0.3 is 19.4 Å². The summed E-state index contributed by atoms with van der Waals surface area (Å²) < 4.78 is 12.6. The molecule has 0 aliphatic carbocycles. The molecule has 5 nitrogen and oxygen atoms in total. The van der Waals surface area contributed by atoms with Crippen LogP contribution in [0.15, 0.2) is 30.6 Å². The van der Waals surface area contributed by atoms with Crippen LogP contribution >= 0.6 is 0 Å². The van der Waals surface area contributed by atoms with E-state index in [4.69, 9.17) is 9.47 Å². The lowest BCUT2D eigenvalue weighted by Crippen LogP contribution is -2.08. The Balaban J connectivity index is 2.11. The van der Waals surface area contributed by atoms with Crippen LogP contribution in [0.25, 0.3) is 0 Å². The van der Waals surface area contributed by atoms with Crippen molar-refractivity contribution in [1.82, 2.24) is 9.55 Å². The average molecular weight is 261 g/mol. The molecule has 1 heterocycles. The van der Waals surface area contributed by atoms with Gasteiger partial charge in [0.2, 0.25) is 0 Å². The van der Waals surface area contributed by atoms with E-state index in [9.17, 15) is 0 Å². The summed E-state index contributed by atoms with van der Waals surface area (Å²) in [4.78, 5) is 4.33. The minimum absolute atomic E-state index is 0.656. The molecule has 0 aliphatic heterocycles. The summed E-state index contributed by atoms with van der Waals surface area (Å²) in [7, 11) is 3.28. The largest absolute Gasteiger partial charge is 0.497 e. The van der Waals surface area contributed by atoms with Gasteiger partial charge in [-0.05, 0) is 19.1 Å². The number of aromatic nitrogens is 2. The summed E-state index contributed by atoms with van der Waals surface area (Å²) in [5, 5.41) is 3.33. The van der Waals surface area contributed by atoms with Crippen molar-refractivity contribution in [2.24, 2.45) is 0 Å².